The van der Waals surface area contributed by atoms with Gasteiger partial charge in [-0.2, -0.15) is 5.26 Å². The number of H-pyrrole nitrogens is 1. The highest BCUT2D eigenvalue weighted by Gasteiger charge is 2.15. The van der Waals surface area contributed by atoms with E-state index in [1.54, 1.807) is 13.0 Å². The fraction of sp³-hybridized carbons (Fsp3) is 0.0769. The maximum Gasteiger partial charge on any atom is 0.266 e. The minimum atomic E-state index is -1.16. The van der Waals surface area contributed by atoms with E-state index in [-0.39, 0.29) is 16.7 Å². The van der Waals surface area contributed by atoms with E-state index in [0.29, 0.717) is 5.69 Å². The highest BCUT2D eigenvalue weighted by Crippen LogP contribution is 2.28. The lowest BCUT2D eigenvalue weighted by Gasteiger charge is -2.07. The molecule has 1 aromatic carbocycles. The second-order valence-corrected chi connectivity index (χ2v) is 4.34. The molecule has 0 aliphatic carbocycles. The number of benzene rings is 1. The van der Waals surface area contributed by atoms with Crippen LogP contribution in [0.15, 0.2) is 23.0 Å². The van der Waals surface area contributed by atoms with E-state index in [9.17, 15) is 13.6 Å². The van der Waals surface area contributed by atoms with Crippen molar-refractivity contribution in [2.24, 2.45) is 0 Å². The summed E-state index contributed by atoms with van der Waals surface area (Å²) < 4.78 is 26.5. The molecule has 1 aromatic heterocycles. The van der Waals surface area contributed by atoms with Crippen molar-refractivity contribution < 1.29 is 8.78 Å². The van der Waals surface area contributed by atoms with E-state index in [1.807, 2.05) is 0 Å². The van der Waals surface area contributed by atoms with Crippen LogP contribution in [0.1, 0.15) is 11.3 Å². The van der Waals surface area contributed by atoms with Gasteiger partial charge in [0.25, 0.3) is 5.56 Å². The summed E-state index contributed by atoms with van der Waals surface area (Å²) in [5.74, 6) is -2.30. The Balaban J connectivity index is 2.80. The van der Waals surface area contributed by atoms with Crippen molar-refractivity contribution in [3.63, 3.8) is 0 Å². The summed E-state index contributed by atoms with van der Waals surface area (Å²) >= 11 is 5.56. The van der Waals surface area contributed by atoms with Crippen LogP contribution in [0.25, 0.3) is 11.1 Å². The smallest absolute Gasteiger partial charge is 0.266 e. The van der Waals surface area contributed by atoms with Gasteiger partial charge >= 0.3 is 0 Å². The highest BCUT2D eigenvalue weighted by molar-refractivity contribution is 6.31. The van der Waals surface area contributed by atoms with E-state index in [1.165, 1.54) is 12.1 Å². The maximum atomic E-state index is 13.3. The number of hydrogen-bond donors (Lipinski definition) is 1. The summed E-state index contributed by atoms with van der Waals surface area (Å²) in [6.45, 7) is 1.62. The Morgan fingerprint density at radius 3 is 2.58 bits per heavy atom. The highest BCUT2D eigenvalue weighted by atomic mass is 35.5. The number of nitriles is 1. The number of aromatic amines is 1. The molecule has 0 aliphatic rings. The minimum Gasteiger partial charge on any atom is -0.325 e. The first-order chi connectivity index (χ1) is 8.93. The van der Waals surface area contributed by atoms with E-state index >= 15 is 0 Å². The van der Waals surface area contributed by atoms with Crippen molar-refractivity contribution in [1.82, 2.24) is 4.98 Å². The number of aromatic nitrogens is 1. The normalized spacial score (nSPS) is 10.3. The number of nitrogens with one attached hydrogen (secondary N) is 1. The molecule has 2 aromatic rings. The fourth-order valence-electron chi connectivity index (χ4n) is 1.74. The third kappa shape index (κ3) is 2.35. The lowest BCUT2D eigenvalue weighted by molar-refractivity contribution is 0.509. The minimum absolute atomic E-state index is 0.173. The molecule has 0 atom stereocenters. The maximum absolute atomic E-state index is 13.3. The molecular formula is C13H7ClF2N2O. The zero-order valence-corrected chi connectivity index (χ0v) is 10.5. The Kier molecular flexibility index (Phi) is 3.36. The zero-order valence-electron chi connectivity index (χ0n) is 9.72. The average molecular weight is 281 g/mol. The summed E-state index contributed by atoms with van der Waals surface area (Å²) in [6.07, 6.45) is 0. The molecule has 2 rings (SSSR count). The summed E-state index contributed by atoms with van der Waals surface area (Å²) in [7, 11) is 0. The van der Waals surface area contributed by atoms with Crippen molar-refractivity contribution in [2.45, 2.75) is 6.92 Å². The van der Waals surface area contributed by atoms with Crippen LogP contribution in [0.5, 0.6) is 0 Å². The first-order valence-corrected chi connectivity index (χ1v) is 5.60. The standard InChI is InChI=1S/C13H7ClF2N2O/c1-6-2-8(9(5-17)13(19)18-6)7-3-10(14)12(16)11(15)4-7/h2-4H,1H3,(H,18,19). The quantitative estimate of drug-likeness (QED) is 0.816. The number of rotatable bonds is 1. The Labute approximate surface area is 112 Å². The van der Waals surface area contributed by atoms with Gasteiger partial charge in [0.2, 0.25) is 0 Å². The molecule has 19 heavy (non-hydrogen) atoms. The monoisotopic (exact) mass is 280 g/mol. The lowest BCUT2D eigenvalue weighted by Crippen LogP contribution is -2.12. The Morgan fingerprint density at radius 1 is 1.32 bits per heavy atom. The average Bonchev–Trinajstić information content (AvgIpc) is 2.34. The predicted molar refractivity (Wildman–Crippen MR) is 66.9 cm³/mol. The summed E-state index contributed by atoms with van der Waals surface area (Å²) in [5, 5.41) is 8.57. The van der Waals surface area contributed by atoms with Crippen LogP contribution < -0.4 is 5.56 Å². The van der Waals surface area contributed by atoms with Crippen molar-refractivity contribution in [3.05, 3.63) is 56.5 Å². The molecule has 0 unspecified atom stereocenters. The molecule has 0 spiro atoms. The number of hydrogen-bond acceptors (Lipinski definition) is 2. The molecular weight excluding hydrogens is 274 g/mol. The largest absolute Gasteiger partial charge is 0.325 e. The van der Waals surface area contributed by atoms with Crippen molar-refractivity contribution in [2.75, 3.05) is 0 Å². The molecule has 1 N–H and O–H groups in total. The molecule has 0 aliphatic heterocycles. The third-order valence-electron chi connectivity index (χ3n) is 2.57. The van der Waals surface area contributed by atoms with Crippen molar-refractivity contribution in [3.8, 4) is 17.2 Å². The molecule has 0 saturated carbocycles. The number of aryl methyl sites for hydroxylation is 1. The molecule has 0 saturated heterocycles. The summed E-state index contributed by atoms with van der Waals surface area (Å²) in [4.78, 5) is 14.1. The van der Waals surface area contributed by atoms with Gasteiger partial charge in [-0.3, -0.25) is 4.79 Å². The van der Waals surface area contributed by atoms with Crippen LogP contribution in [-0.4, -0.2) is 4.98 Å². The zero-order chi connectivity index (χ0) is 14.2. The second kappa shape index (κ2) is 4.82. The number of halogens is 3. The lowest BCUT2D eigenvalue weighted by atomic mass is 10.0. The predicted octanol–water partition coefficient (Wildman–Crippen LogP) is 3.15. The molecule has 1 heterocycles. The van der Waals surface area contributed by atoms with Crippen LogP contribution in [0.2, 0.25) is 5.02 Å². The van der Waals surface area contributed by atoms with E-state index < -0.39 is 22.2 Å². The molecule has 0 bridgehead atoms. The SMILES string of the molecule is Cc1cc(-c2cc(F)c(F)c(Cl)c2)c(C#N)c(=O)[nH]1. The molecule has 0 fully saturated rings. The van der Waals surface area contributed by atoms with Crippen molar-refractivity contribution >= 4 is 11.6 Å². The van der Waals surface area contributed by atoms with Gasteiger partial charge in [0.15, 0.2) is 11.6 Å². The third-order valence-corrected chi connectivity index (χ3v) is 2.85. The van der Waals surface area contributed by atoms with Gasteiger partial charge in [0.1, 0.15) is 11.6 Å². The van der Waals surface area contributed by atoms with Gasteiger partial charge < -0.3 is 4.98 Å². The van der Waals surface area contributed by atoms with Gasteiger partial charge in [-0.1, -0.05) is 11.6 Å². The van der Waals surface area contributed by atoms with Crippen molar-refractivity contribution in [1.29, 1.82) is 5.26 Å². The summed E-state index contributed by atoms with van der Waals surface area (Å²) in [6, 6.07) is 5.32. The molecule has 0 radical (unpaired) electrons. The molecule has 96 valence electrons. The Bertz CT molecular complexity index is 739. The number of pyridine rings is 1. The molecule has 3 nitrogen and oxygen atoms in total. The van der Waals surface area contributed by atoms with E-state index in [2.05, 4.69) is 4.98 Å². The van der Waals surface area contributed by atoms with Crippen LogP contribution >= 0.6 is 11.6 Å². The Hall–Kier alpha value is -2.19. The van der Waals surface area contributed by atoms with Crippen LogP contribution in [-0.2, 0) is 0 Å². The first kappa shape index (κ1) is 13.2. The van der Waals surface area contributed by atoms with Gasteiger partial charge in [-0.25, -0.2) is 8.78 Å². The molecule has 0 amide bonds. The fourth-order valence-corrected chi connectivity index (χ4v) is 1.95. The second-order valence-electron chi connectivity index (χ2n) is 3.94. The Morgan fingerprint density at radius 2 is 2.00 bits per heavy atom. The molecule has 6 heteroatoms. The first-order valence-electron chi connectivity index (χ1n) is 5.23. The van der Waals surface area contributed by atoms with Gasteiger partial charge in [0, 0.05) is 11.3 Å². The van der Waals surface area contributed by atoms with Crippen LogP contribution in [0, 0.1) is 29.9 Å². The topological polar surface area (TPSA) is 56.6 Å². The van der Waals surface area contributed by atoms with Gasteiger partial charge in [-0.05, 0) is 30.7 Å². The van der Waals surface area contributed by atoms with E-state index in [0.717, 1.165) is 6.07 Å². The van der Waals surface area contributed by atoms with Crippen LogP contribution in [0.4, 0.5) is 8.78 Å². The van der Waals surface area contributed by atoms with Crippen LogP contribution in [0.3, 0.4) is 0 Å². The van der Waals surface area contributed by atoms with Gasteiger partial charge in [0.05, 0.1) is 5.02 Å². The summed E-state index contributed by atoms with van der Waals surface area (Å²) in [5.41, 5.74) is 0.130. The van der Waals surface area contributed by atoms with Gasteiger partial charge in [-0.15, -0.1) is 0 Å². The number of nitrogens with zero attached hydrogens (tertiary/aromatic N) is 1. The van der Waals surface area contributed by atoms with E-state index in [4.69, 9.17) is 16.9 Å².